The van der Waals surface area contributed by atoms with E-state index < -0.39 is 28.7 Å². The van der Waals surface area contributed by atoms with Gasteiger partial charge in [0, 0.05) is 36.8 Å². The second-order valence-electron chi connectivity index (χ2n) is 9.57. The smallest absolute Gasteiger partial charge is 0.223 e. The van der Waals surface area contributed by atoms with Crippen LogP contribution in [0.25, 0.3) is 0 Å². The molecule has 1 N–H and O–H groups in total. The summed E-state index contributed by atoms with van der Waals surface area (Å²) < 4.78 is 27.1. The molecule has 1 aromatic rings. The number of nitrogens with one attached hydrogen (secondary N) is 1. The maximum absolute atomic E-state index is 13.6. The van der Waals surface area contributed by atoms with E-state index >= 15 is 0 Å². The molecule has 4 rings (SSSR count). The predicted octanol–water partition coefficient (Wildman–Crippen LogP) is 3.51. The molecule has 0 radical (unpaired) electrons. The summed E-state index contributed by atoms with van der Waals surface area (Å²) in [6.07, 6.45) is 0.00105. The molecule has 1 saturated heterocycles. The van der Waals surface area contributed by atoms with E-state index in [9.17, 15) is 18.4 Å². The molecule has 2 amide bonds. The van der Waals surface area contributed by atoms with Crippen LogP contribution in [0.2, 0.25) is 0 Å². The van der Waals surface area contributed by atoms with Gasteiger partial charge in [0.1, 0.15) is 12.3 Å². The number of carbonyl (C=O) groups is 2. The molecule has 0 aromatic heterocycles. The predicted molar refractivity (Wildman–Crippen MR) is 102 cm³/mol. The number of likely N-dealkylation sites (tertiary alicyclic amines) is 1. The van der Waals surface area contributed by atoms with E-state index in [2.05, 4.69) is 5.32 Å². The minimum absolute atomic E-state index is 0.0623. The van der Waals surface area contributed by atoms with Crippen molar-refractivity contribution >= 4 is 11.8 Å². The highest BCUT2D eigenvalue weighted by atomic mass is 19.1. The molecule has 4 nitrogen and oxygen atoms in total. The summed E-state index contributed by atoms with van der Waals surface area (Å²) >= 11 is 0. The Kier molecular flexibility index (Phi) is 4.51. The van der Waals surface area contributed by atoms with Crippen molar-refractivity contribution in [2.45, 2.75) is 63.8 Å². The summed E-state index contributed by atoms with van der Waals surface area (Å²) in [5.74, 6) is -0.244. The Morgan fingerprint density at radius 1 is 1.07 bits per heavy atom. The first-order chi connectivity index (χ1) is 13.2. The third-order valence-corrected chi connectivity index (χ3v) is 6.93. The molecule has 5 unspecified atom stereocenters. The summed E-state index contributed by atoms with van der Waals surface area (Å²) in [7, 11) is 0. The van der Waals surface area contributed by atoms with Crippen LogP contribution in [-0.4, -0.2) is 42.1 Å². The average molecular weight is 390 g/mol. The Bertz CT molecular complexity index is 788. The average Bonchev–Trinajstić information content (AvgIpc) is 3.32. The molecular formula is C22H28F2N2O2. The molecule has 2 saturated carbocycles. The molecule has 1 aliphatic heterocycles. The van der Waals surface area contributed by atoms with Gasteiger partial charge < -0.3 is 10.2 Å². The highest BCUT2D eigenvalue weighted by Gasteiger charge is 2.55. The van der Waals surface area contributed by atoms with E-state index in [0.717, 1.165) is 5.56 Å². The van der Waals surface area contributed by atoms with Gasteiger partial charge in [-0.1, -0.05) is 44.2 Å². The van der Waals surface area contributed by atoms with Crippen LogP contribution in [0.3, 0.4) is 0 Å². The summed E-state index contributed by atoms with van der Waals surface area (Å²) in [5, 5.41) is 3.12. The molecule has 1 aromatic carbocycles. The van der Waals surface area contributed by atoms with Crippen molar-refractivity contribution in [1.82, 2.24) is 10.2 Å². The van der Waals surface area contributed by atoms with Crippen LogP contribution in [-0.2, 0) is 15.1 Å². The lowest BCUT2D eigenvalue weighted by atomic mass is 9.88. The first kappa shape index (κ1) is 19.3. The number of hydrogen-bond donors (Lipinski definition) is 1. The zero-order chi connectivity index (χ0) is 20.2. The monoisotopic (exact) mass is 390 g/mol. The fraction of sp³-hybridized carbons (Fsp3) is 0.636. The molecule has 0 spiro atoms. The Morgan fingerprint density at radius 3 is 2.21 bits per heavy atom. The van der Waals surface area contributed by atoms with Crippen molar-refractivity contribution in [2.75, 3.05) is 13.1 Å². The molecule has 1 heterocycles. The standard InChI is InChI=1S/C22H28F2N2O2/c1-20(10-16(20)23)12-18(27)25-22(15-6-4-3-5-7-15)8-9-26(14-22)19(28)13-21(2)11-17(21)24/h3-7,16-17H,8-14H2,1-2H3,(H,25,27). The number of alkyl halides is 2. The summed E-state index contributed by atoms with van der Waals surface area (Å²) in [6.45, 7) is 4.48. The number of rotatable bonds is 6. The minimum atomic E-state index is -0.916. The van der Waals surface area contributed by atoms with Crippen LogP contribution >= 0.6 is 0 Å². The molecule has 28 heavy (non-hydrogen) atoms. The second kappa shape index (κ2) is 6.53. The van der Waals surface area contributed by atoms with Crippen LogP contribution in [0.4, 0.5) is 8.78 Å². The number of hydrogen-bond acceptors (Lipinski definition) is 2. The topological polar surface area (TPSA) is 49.4 Å². The van der Waals surface area contributed by atoms with Gasteiger partial charge in [0.25, 0.3) is 0 Å². The number of amides is 2. The van der Waals surface area contributed by atoms with Crippen molar-refractivity contribution in [1.29, 1.82) is 0 Å². The number of benzene rings is 1. The van der Waals surface area contributed by atoms with Gasteiger partial charge in [-0.15, -0.1) is 0 Å². The molecule has 3 aliphatic rings. The number of nitrogens with zero attached hydrogens (tertiary/aromatic N) is 1. The largest absolute Gasteiger partial charge is 0.345 e. The van der Waals surface area contributed by atoms with E-state index in [1.807, 2.05) is 37.3 Å². The highest BCUT2D eigenvalue weighted by Crippen LogP contribution is 2.52. The van der Waals surface area contributed by atoms with Gasteiger partial charge in [0.15, 0.2) is 0 Å². The zero-order valence-electron chi connectivity index (χ0n) is 16.5. The van der Waals surface area contributed by atoms with Gasteiger partial charge in [-0.3, -0.25) is 9.59 Å². The van der Waals surface area contributed by atoms with Crippen molar-refractivity contribution in [2.24, 2.45) is 10.8 Å². The summed E-state index contributed by atoms with van der Waals surface area (Å²) in [6, 6.07) is 9.62. The van der Waals surface area contributed by atoms with Crippen LogP contribution in [0.1, 0.15) is 51.5 Å². The van der Waals surface area contributed by atoms with E-state index in [1.54, 1.807) is 11.8 Å². The normalized spacial score (nSPS) is 38.9. The van der Waals surface area contributed by atoms with E-state index in [0.29, 0.717) is 32.4 Å². The Labute approximate surface area is 164 Å². The highest BCUT2D eigenvalue weighted by molar-refractivity contribution is 5.80. The molecular weight excluding hydrogens is 362 g/mol. The fourth-order valence-corrected chi connectivity index (χ4v) is 4.39. The van der Waals surface area contributed by atoms with Gasteiger partial charge >= 0.3 is 0 Å². The quantitative estimate of drug-likeness (QED) is 0.808. The van der Waals surface area contributed by atoms with Crippen LogP contribution < -0.4 is 5.32 Å². The molecule has 0 bridgehead atoms. The van der Waals surface area contributed by atoms with Gasteiger partial charge in [-0.2, -0.15) is 0 Å². The molecule has 5 atom stereocenters. The lowest BCUT2D eigenvalue weighted by Crippen LogP contribution is -2.49. The first-order valence-corrected chi connectivity index (χ1v) is 10.1. The van der Waals surface area contributed by atoms with Gasteiger partial charge in [0.05, 0.1) is 5.54 Å². The number of carbonyl (C=O) groups excluding carboxylic acids is 2. The lowest BCUT2D eigenvalue weighted by molar-refractivity contribution is -0.132. The van der Waals surface area contributed by atoms with Crippen molar-refractivity contribution in [3.8, 4) is 0 Å². The van der Waals surface area contributed by atoms with Gasteiger partial charge in [0.2, 0.25) is 11.8 Å². The second-order valence-corrected chi connectivity index (χ2v) is 9.57. The third kappa shape index (κ3) is 3.53. The van der Waals surface area contributed by atoms with Crippen LogP contribution in [0.5, 0.6) is 0 Å². The van der Waals surface area contributed by atoms with E-state index in [-0.39, 0.29) is 24.7 Å². The molecule has 2 aliphatic carbocycles. The van der Waals surface area contributed by atoms with E-state index in [1.165, 1.54) is 0 Å². The third-order valence-electron chi connectivity index (χ3n) is 6.93. The van der Waals surface area contributed by atoms with Crippen LogP contribution in [0.15, 0.2) is 30.3 Å². The SMILES string of the molecule is CC1(CC(=O)NC2(c3ccccc3)CCN(C(=O)CC3(C)CC3F)C2)CC1F. The molecule has 3 fully saturated rings. The summed E-state index contributed by atoms with van der Waals surface area (Å²) in [5.41, 5.74) is -0.829. The fourth-order valence-electron chi connectivity index (χ4n) is 4.39. The zero-order valence-corrected chi connectivity index (χ0v) is 16.5. The minimum Gasteiger partial charge on any atom is -0.345 e. The molecule has 152 valence electrons. The number of halogens is 2. The van der Waals surface area contributed by atoms with Crippen molar-refractivity contribution in [3.05, 3.63) is 35.9 Å². The van der Waals surface area contributed by atoms with Crippen molar-refractivity contribution < 1.29 is 18.4 Å². The van der Waals surface area contributed by atoms with Crippen molar-refractivity contribution in [3.63, 3.8) is 0 Å². The maximum atomic E-state index is 13.6. The van der Waals surface area contributed by atoms with Gasteiger partial charge in [-0.25, -0.2) is 8.78 Å². The Morgan fingerprint density at radius 2 is 1.64 bits per heavy atom. The van der Waals surface area contributed by atoms with Crippen LogP contribution in [0, 0.1) is 10.8 Å². The molecule has 6 heteroatoms. The maximum Gasteiger partial charge on any atom is 0.223 e. The Hall–Kier alpha value is -1.98. The lowest BCUT2D eigenvalue weighted by Gasteiger charge is -2.32. The van der Waals surface area contributed by atoms with E-state index in [4.69, 9.17) is 0 Å². The Balaban J connectivity index is 1.49. The van der Waals surface area contributed by atoms with Gasteiger partial charge in [-0.05, 0) is 24.8 Å². The summed E-state index contributed by atoms with van der Waals surface area (Å²) in [4.78, 5) is 27.2. The first-order valence-electron chi connectivity index (χ1n) is 10.1.